The minimum Gasteiger partial charge on any atom is -0.395 e. The Morgan fingerprint density at radius 1 is 1.20 bits per heavy atom. The summed E-state index contributed by atoms with van der Waals surface area (Å²) in [5.74, 6) is 1.79. The van der Waals surface area contributed by atoms with Gasteiger partial charge in [0.25, 0.3) is 0 Å². The van der Waals surface area contributed by atoms with Crippen LogP contribution in [0.25, 0.3) is 0 Å². The predicted octanol–water partition coefficient (Wildman–Crippen LogP) is 4.59. The number of nitrogens with one attached hydrogen (secondary N) is 1. The Morgan fingerprint density at radius 2 is 1.94 bits per heavy atom. The summed E-state index contributed by atoms with van der Waals surface area (Å²) in [6, 6.07) is 18.4. The first-order chi connectivity index (χ1) is 17.0. The average molecular weight is 558 g/mol. The lowest BCUT2D eigenvalue weighted by atomic mass is 10.1. The average Bonchev–Trinajstić information content (AvgIpc) is 3.17. The molecule has 0 radical (unpaired) electrons. The number of likely N-dealkylation sites (N-methyl/N-ethyl adjacent to an activating group) is 1. The number of benzene rings is 2. The van der Waals surface area contributed by atoms with Crippen LogP contribution in [0.4, 0.5) is 5.69 Å². The lowest BCUT2D eigenvalue weighted by Gasteiger charge is -2.33. The lowest BCUT2D eigenvalue weighted by molar-refractivity contribution is 0.111. The van der Waals surface area contributed by atoms with Gasteiger partial charge in [-0.25, -0.2) is 19.3 Å². The first-order valence-electron chi connectivity index (χ1n) is 11.4. The largest absolute Gasteiger partial charge is 0.395 e. The molecule has 0 aliphatic carbocycles. The van der Waals surface area contributed by atoms with Gasteiger partial charge in [-0.3, -0.25) is 0 Å². The van der Waals surface area contributed by atoms with E-state index < -0.39 is 0 Å². The van der Waals surface area contributed by atoms with Crippen molar-refractivity contribution in [1.82, 2.24) is 14.3 Å². The molecule has 35 heavy (non-hydrogen) atoms. The molecule has 2 aliphatic heterocycles. The Hall–Kier alpha value is -2.63. The zero-order valence-corrected chi connectivity index (χ0v) is 22.2. The first-order valence-corrected chi connectivity index (χ1v) is 13.4. The molecule has 0 aromatic heterocycles. The Labute approximate surface area is 216 Å². The molecule has 2 N–H and O–H groups in total. The summed E-state index contributed by atoms with van der Waals surface area (Å²) in [6.45, 7) is 3.97. The van der Waals surface area contributed by atoms with E-state index in [1.807, 2.05) is 32.2 Å². The molecule has 2 aliphatic rings. The van der Waals surface area contributed by atoms with Crippen LogP contribution in [-0.4, -0.2) is 70.3 Å². The molecular weight excluding hydrogens is 528 g/mol. The fourth-order valence-corrected chi connectivity index (χ4v) is 6.50. The minimum absolute atomic E-state index is 0.0318. The highest BCUT2D eigenvalue weighted by atomic mass is 79.9. The third-order valence-electron chi connectivity index (χ3n) is 5.61. The van der Waals surface area contributed by atoms with E-state index in [0.29, 0.717) is 13.1 Å². The molecule has 2 aromatic carbocycles. The highest BCUT2D eigenvalue weighted by Crippen LogP contribution is 2.35. The van der Waals surface area contributed by atoms with E-state index in [0.717, 1.165) is 44.5 Å². The molecule has 0 bridgehead atoms. The van der Waals surface area contributed by atoms with E-state index in [-0.39, 0.29) is 23.8 Å². The molecule has 0 fully saturated rings. The molecule has 1 atom stereocenters. The number of fused-ring (bicyclic) bond motifs is 1. The van der Waals surface area contributed by atoms with Crippen molar-refractivity contribution in [3.05, 3.63) is 87.3 Å². The minimum atomic E-state index is -0.339. The molecule has 0 saturated heterocycles. The smallest absolute Gasteiger partial charge is 0.161 e. The maximum Gasteiger partial charge on any atom is 0.161 e. The van der Waals surface area contributed by atoms with Gasteiger partial charge in [0, 0.05) is 42.4 Å². The van der Waals surface area contributed by atoms with Crippen LogP contribution in [0.15, 0.2) is 91.9 Å². The molecule has 1 unspecified atom stereocenters. The number of hydrogen-bond acceptors (Lipinski definition) is 8. The molecule has 184 valence electrons. The summed E-state index contributed by atoms with van der Waals surface area (Å²) >= 11 is 3.69. The number of hydrogen-bond donors (Lipinski definition) is 2. The van der Waals surface area contributed by atoms with Crippen LogP contribution in [0.1, 0.15) is 12.5 Å². The third-order valence-corrected chi connectivity index (χ3v) is 8.34. The Morgan fingerprint density at radius 3 is 2.60 bits per heavy atom. The van der Waals surface area contributed by atoms with Crippen molar-refractivity contribution in [2.45, 2.75) is 11.8 Å². The molecule has 2 aromatic rings. The van der Waals surface area contributed by atoms with Gasteiger partial charge in [-0.2, -0.15) is 4.91 Å². The van der Waals surface area contributed by atoms with Crippen molar-refractivity contribution in [1.29, 1.82) is 0 Å². The van der Waals surface area contributed by atoms with Crippen molar-refractivity contribution in [2.75, 3.05) is 45.2 Å². The summed E-state index contributed by atoms with van der Waals surface area (Å²) in [7, 11) is 1.69. The van der Waals surface area contributed by atoms with Gasteiger partial charge in [0.2, 0.25) is 0 Å². The normalized spacial score (nSPS) is 16.9. The SMILES string of the molecule is C/C=S(\c1ccc(NC2=CC(c3ccccc3)=NC3=C(Br)CN(C)N23)cc1)N(CCO)CCN=O. The first kappa shape index (κ1) is 25.5. The van der Waals surface area contributed by atoms with Gasteiger partial charge in [-0.05, 0) is 36.6 Å². The number of aliphatic hydroxyl groups is 1. The van der Waals surface area contributed by atoms with E-state index >= 15 is 0 Å². The summed E-state index contributed by atoms with van der Waals surface area (Å²) < 4.78 is 3.12. The number of nitroso groups, excluding NO2 is 1. The van der Waals surface area contributed by atoms with Crippen LogP contribution in [0.5, 0.6) is 0 Å². The van der Waals surface area contributed by atoms with Gasteiger partial charge in [-0.15, -0.1) is 0 Å². The molecule has 0 spiro atoms. The number of rotatable bonds is 10. The highest BCUT2D eigenvalue weighted by Gasteiger charge is 2.32. The van der Waals surface area contributed by atoms with Crippen LogP contribution in [-0.2, 0) is 0 Å². The number of halogens is 1. The number of aliphatic imine (C=N–C) groups is 1. The topological polar surface area (TPSA) is 83.8 Å². The Balaban J connectivity index is 1.60. The summed E-state index contributed by atoms with van der Waals surface area (Å²) in [5, 5.41) is 22.3. The van der Waals surface area contributed by atoms with Crippen LogP contribution in [0.2, 0.25) is 0 Å². The lowest BCUT2D eigenvalue weighted by Crippen LogP contribution is -2.38. The van der Waals surface area contributed by atoms with Gasteiger partial charge in [0.15, 0.2) is 5.82 Å². The van der Waals surface area contributed by atoms with Crippen LogP contribution in [0.3, 0.4) is 0 Å². The second-order valence-electron chi connectivity index (χ2n) is 7.95. The zero-order chi connectivity index (χ0) is 24.8. The monoisotopic (exact) mass is 556 g/mol. The summed E-state index contributed by atoms with van der Waals surface area (Å²) in [5.41, 5.74) is 2.90. The van der Waals surface area contributed by atoms with Crippen LogP contribution in [0, 0.1) is 4.91 Å². The van der Waals surface area contributed by atoms with Gasteiger partial charge < -0.3 is 10.4 Å². The van der Waals surface area contributed by atoms with Crippen LogP contribution >= 0.6 is 26.6 Å². The number of anilines is 1. The van der Waals surface area contributed by atoms with E-state index in [2.05, 4.69) is 88.6 Å². The second-order valence-corrected chi connectivity index (χ2v) is 11.0. The van der Waals surface area contributed by atoms with Crippen LogP contribution < -0.4 is 5.32 Å². The van der Waals surface area contributed by atoms with Crippen molar-refractivity contribution in [3.8, 4) is 0 Å². The van der Waals surface area contributed by atoms with Gasteiger partial charge in [0.1, 0.15) is 5.82 Å². The fourth-order valence-electron chi connectivity index (χ4n) is 4.04. The molecule has 0 saturated carbocycles. The van der Waals surface area contributed by atoms with Crippen molar-refractivity contribution in [2.24, 2.45) is 10.2 Å². The summed E-state index contributed by atoms with van der Waals surface area (Å²) in [4.78, 5) is 16.7. The number of allylic oxidation sites excluding steroid dienone is 1. The fraction of sp³-hybridized carbons (Fsp3) is 0.280. The number of hydrazine groups is 1. The molecule has 4 rings (SSSR count). The van der Waals surface area contributed by atoms with E-state index in [1.165, 1.54) is 0 Å². The van der Waals surface area contributed by atoms with E-state index in [4.69, 9.17) is 4.99 Å². The van der Waals surface area contributed by atoms with Crippen molar-refractivity contribution in [3.63, 3.8) is 0 Å². The quantitative estimate of drug-likeness (QED) is 0.329. The van der Waals surface area contributed by atoms with Gasteiger partial charge in [-0.1, -0.05) is 62.1 Å². The van der Waals surface area contributed by atoms with Crippen molar-refractivity contribution >= 4 is 43.4 Å². The molecule has 8 nitrogen and oxygen atoms in total. The Bertz CT molecular complexity index is 1180. The second kappa shape index (κ2) is 11.9. The Kier molecular flexibility index (Phi) is 8.64. The third kappa shape index (κ3) is 5.79. The van der Waals surface area contributed by atoms with Crippen molar-refractivity contribution < 1.29 is 5.11 Å². The van der Waals surface area contributed by atoms with Gasteiger partial charge in [0.05, 0.1) is 29.9 Å². The maximum atomic E-state index is 10.6. The number of aliphatic hydroxyl groups excluding tert-OH is 1. The van der Waals surface area contributed by atoms with E-state index in [1.54, 1.807) is 0 Å². The highest BCUT2D eigenvalue weighted by molar-refractivity contribution is 9.11. The summed E-state index contributed by atoms with van der Waals surface area (Å²) in [6.07, 6.45) is 2.06. The maximum absolute atomic E-state index is 10.6. The predicted molar refractivity (Wildman–Crippen MR) is 148 cm³/mol. The van der Waals surface area contributed by atoms with E-state index in [9.17, 15) is 10.0 Å². The standard InChI is InChI=1S/C25H29BrN6O2S/c1-3-35(31(15-16-33)14-13-27-34)21-11-9-20(10-12-21)28-24-17-23(19-7-5-4-6-8-19)29-25-22(26)18-30(2)32(24)25/h3-12,17,28,33H,13-16,18H2,1-2H3. The van der Waals surface area contributed by atoms with Gasteiger partial charge >= 0.3 is 0 Å². The zero-order valence-electron chi connectivity index (χ0n) is 19.8. The molecule has 2 heterocycles. The molecular formula is C25H29BrN6O2S. The molecule has 0 amide bonds. The number of nitrogens with zero attached hydrogens (tertiary/aromatic N) is 5. The molecule has 10 heteroatoms.